The fourth-order valence-electron chi connectivity index (χ4n) is 3.82. The summed E-state index contributed by atoms with van der Waals surface area (Å²) in [6.45, 7) is 2.86. The van der Waals surface area contributed by atoms with E-state index in [-0.39, 0.29) is 23.5 Å². The lowest BCUT2D eigenvalue weighted by atomic mass is 9.86. The Labute approximate surface area is 154 Å². The van der Waals surface area contributed by atoms with Crippen LogP contribution in [-0.4, -0.2) is 47.4 Å². The lowest BCUT2D eigenvalue weighted by Gasteiger charge is -2.16. The van der Waals surface area contributed by atoms with Gasteiger partial charge >= 0.3 is 6.09 Å². The van der Waals surface area contributed by atoms with Gasteiger partial charge in [0.15, 0.2) is 5.78 Å². The van der Waals surface area contributed by atoms with Crippen molar-refractivity contribution in [1.29, 1.82) is 0 Å². The molecule has 0 spiro atoms. The van der Waals surface area contributed by atoms with E-state index in [2.05, 4.69) is 5.32 Å². The number of rotatable bonds is 2. The first-order valence-electron chi connectivity index (χ1n) is 8.45. The lowest BCUT2D eigenvalue weighted by Crippen LogP contribution is -2.31. The standard InChI is InChI=1S/C19H18N2O4S/c1-10(22)16-4-5-17(26-16)11-2-3-13-14(6-11)18(23)20-7-12-8-21(19(24)25)9-15(12)13/h2-6,12,15H,7-9H2,1H3,(H,20,23)(H,24,25). The highest BCUT2D eigenvalue weighted by molar-refractivity contribution is 7.17. The number of benzene rings is 1. The third kappa shape index (κ3) is 2.78. The van der Waals surface area contributed by atoms with Crippen LogP contribution in [0, 0.1) is 5.92 Å². The van der Waals surface area contributed by atoms with Crippen LogP contribution in [0.1, 0.15) is 38.4 Å². The number of likely N-dealkylation sites (tertiary alicyclic amines) is 1. The molecule has 2 aliphatic heterocycles. The summed E-state index contributed by atoms with van der Waals surface area (Å²) in [7, 11) is 0. The molecule has 1 fully saturated rings. The Hall–Kier alpha value is -2.67. The van der Waals surface area contributed by atoms with Crippen LogP contribution in [0.5, 0.6) is 0 Å². The van der Waals surface area contributed by atoms with Crippen molar-refractivity contribution in [2.75, 3.05) is 19.6 Å². The molecule has 7 heteroatoms. The van der Waals surface area contributed by atoms with Gasteiger partial charge in [0.25, 0.3) is 5.91 Å². The maximum Gasteiger partial charge on any atom is 0.407 e. The van der Waals surface area contributed by atoms with E-state index in [1.54, 1.807) is 6.07 Å². The number of nitrogens with one attached hydrogen (secondary N) is 1. The van der Waals surface area contributed by atoms with Gasteiger partial charge in [-0.1, -0.05) is 12.1 Å². The largest absolute Gasteiger partial charge is 0.465 e. The molecule has 2 unspecified atom stereocenters. The van der Waals surface area contributed by atoms with E-state index in [0.717, 1.165) is 16.0 Å². The number of carbonyl (C=O) groups excluding carboxylic acids is 2. The number of fused-ring (bicyclic) bond motifs is 3. The molecule has 2 aromatic rings. The average Bonchev–Trinajstić information content (AvgIpc) is 3.24. The second-order valence-corrected chi connectivity index (χ2v) is 7.87. The highest BCUT2D eigenvalue weighted by Crippen LogP contribution is 2.38. The van der Waals surface area contributed by atoms with E-state index in [9.17, 15) is 19.5 Å². The zero-order valence-corrected chi connectivity index (χ0v) is 15.0. The highest BCUT2D eigenvalue weighted by Gasteiger charge is 2.39. The Morgan fingerprint density at radius 2 is 2.04 bits per heavy atom. The van der Waals surface area contributed by atoms with Crippen molar-refractivity contribution in [3.63, 3.8) is 0 Å². The van der Waals surface area contributed by atoms with Crippen molar-refractivity contribution < 1.29 is 19.5 Å². The van der Waals surface area contributed by atoms with E-state index >= 15 is 0 Å². The minimum absolute atomic E-state index is 0.0187. The second-order valence-electron chi connectivity index (χ2n) is 6.79. The Morgan fingerprint density at radius 3 is 2.73 bits per heavy atom. The van der Waals surface area contributed by atoms with E-state index in [0.29, 0.717) is 30.1 Å². The molecule has 1 aromatic carbocycles. The zero-order chi connectivity index (χ0) is 18.4. The molecule has 1 saturated heterocycles. The monoisotopic (exact) mass is 370 g/mol. The molecular formula is C19H18N2O4S. The maximum atomic E-state index is 12.6. The minimum Gasteiger partial charge on any atom is -0.465 e. The Balaban J connectivity index is 1.73. The van der Waals surface area contributed by atoms with Crippen LogP contribution in [0.25, 0.3) is 10.4 Å². The molecule has 0 radical (unpaired) electrons. The number of carbonyl (C=O) groups is 3. The topological polar surface area (TPSA) is 86.7 Å². The molecule has 0 bridgehead atoms. The van der Waals surface area contributed by atoms with Crippen molar-refractivity contribution in [3.8, 4) is 10.4 Å². The molecular weight excluding hydrogens is 352 g/mol. The first-order chi connectivity index (χ1) is 12.4. The van der Waals surface area contributed by atoms with Crippen molar-refractivity contribution in [2.45, 2.75) is 12.8 Å². The quantitative estimate of drug-likeness (QED) is 0.796. The molecule has 2 atom stereocenters. The van der Waals surface area contributed by atoms with E-state index in [1.807, 2.05) is 24.3 Å². The summed E-state index contributed by atoms with van der Waals surface area (Å²) in [5.74, 6) is 0.0104. The number of thiophene rings is 1. The Morgan fingerprint density at radius 1 is 1.23 bits per heavy atom. The maximum absolute atomic E-state index is 12.6. The van der Waals surface area contributed by atoms with E-state index < -0.39 is 6.09 Å². The Bertz CT molecular complexity index is 920. The van der Waals surface area contributed by atoms with E-state index in [1.165, 1.54) is 23.2 Å². The molecule has 1 aromatic heterocycles. The molecule has 2 aliphatic rings. The first-order valence-corrected chi connectivity index (χ1v) is 9.27. The van der Waals surface area contributed by atoms with Gasteiger partial charge in [0.1, 0.15) is 0 Å². The van der Waals surface area contributed by atoms with Crippen LogP contribution in [0.3, 0.4) is 0 Å². The summed E-state index contributed by atoms with van der Waals surface area (Å²) < 4.78 is 0. The van der Waals surface area contributed by atoms with Crippen LogP contribution in [0.15, 0.2) is 30.3 Å². The average molecular weight is 370 g/mol. The van der Waals surface area contributed by atoms with Crippen molar-refractivity contribution in [3.05, 3.63) is 46.3 Å². The number of amides is 2. The van der Waals surface area contributed by atoms with Crippen molar-refractivity contribution >= 4 is 29.1 Å². The number of ketones is 1. The minimum atomic E-state index is -0.919. The summed E-state index contributed by atoms with van der Waals surface area (Å²) in [6, 6.07) is 9.43. The third-order valence-electron chi connectivity index (χ3n) is 5.17. The molecule has 2 N–H and O–H groups in total. The number of nitrogens with zero attached hydrogens (tertiary/aromatic N) is 1. The summed E-state index contributed by atoms with van der Waals surface area (Å²) in [4.78, 5) is 38.4. The van der Waals surface area contributed by atoms with Crippen molar-refractivity contribution in [2.24, 2.45) is 5.92 Å². The molecule has 4 rings (SSSR count). The molecule has 0 aliphatic carbocycles. The summed E-state index contributed by atoms with van der Waals surface area (Å²) in [5.41, 5.74) is 2.39. The van der Waals surface area contributed by atoms with Gasteiger partial charge in [-0.15, -0.1) is 11.3 Å². The van der Waals surface area contributed by atoms with E-state index in [4.69, 9.17) is 0 Å². The molecule has 3 heterocycles. The number of carboxylic acid groups (broad SMARTS) is 1. The fourth-order valence-corrected chi connectivity index (χ4v) is 4.72. The number of hydrogen-bond acceptors (Lipinski definition) is 4. The third-order valence-corrected chi connectivity index (χ3v) is 6.41. The smallest absolute Gasteiger partial charge is 0.407 e. The summed E-state index contributed by atoms with van der Waals surface area (Å²) in [6.07, 6.45) is -0.919. The fraction of sp³-hybridized carbons (Fsp3) is 0.316. The van der Waals surface area contributed by atoms with Gasteiger partial charge < -0.3 is 15.3 Å². The molecule has 134 valence electrons. The van der Waals surface area contributed by atoms with Crippen LogP contribution >= 0.6 is 11.3 Å². The van der Waals surface area contributed by atoms with Gasteiger partial charge in [-0.3, -0.25) is 9.59 Å². The van der Waals surface area contributed by atoms with Crippen LogP contribution in [-0.2, 0) is 0 Å². The number of Topliss-reactive ketones (excluding diaryl/α,β-unsaturated/α-hetero) is 1. The van der Waals surface area contributed by atoms with Crippen LogP contribution < -0.4 is 5.32 Å². The second kappa shape index (κ2) is 6.25. The highest BCUT2D eigenvalue weighted by atomic mass is 32.1. The lowest BCUT2D eigenvalue weighted by molar-refractivity contribution is 0.0950. The van der Waals surface area contributed by atoms with Gasteiger partial charge in [0.2, 0.25) is 0 Å². The van der Waals surface area contributed by atoms with Crippen LogP contribution in [0.4, 0.5) is 4.79 Å². The van der Waals surface area contributed by atoms with Gasteiger partial charge in [-0.25, -0.2) is 4.79 Å². The van der Waals surface area contributed by atoms with Gasteiger partial charge in [-0.05, 0) is 36.2 Å². The zero-order valence-electron chi connectivity index (χ0n) is 14.2. The molecule has 2 amide bonds. The van der Waals surface area contributed by atoms with Gasteiger partial charge in [0.05, 0.1) is 4.88 Å². The van der Waals surface area contributed by atoms with Gasteiger partial charge in [0, 0.05) is 41.9 Å². The normalized spacial score (nSPS) is 21.6. The summed E-state index contributed by atoms with van der Waals surface area (Å²) in [5, 5.41) is 12.2. The van der Waals surface area contributed by atoms with Crippen LogP contribution in [0.2, 0.25) is 0 Å². The molecule has 26 heavy (non-hydrogen) atoms. The summed E-state index contributed by atoms with van der Waals surface area (Å²) >= 11 is 1.41. The molecule has 6 nitrogen and oxygen atoms in total. The first kappa shape index (κ1) is 16.8. The number of hydrogen-bond donors (Lipinski definition) is 2. The predicted octanol–water partition coefficient (Wildman–Crippen LogP) is 3.05. The van der Waals surface area contributed by atoms with Crippen molar-refractivity contribution in [1.82, 2.24) is 10.2 Å². The predicted molar refractivity (Wildman–Crippen MR) is 97.9 cm³/mol. The molecule has 0 saturated carbocycles. The Kier molecular flexibility index (Phi) is 4.03. The van der Waals surface area contributed by atoms with Gasteiger partial charge in [-0.2, -0.15) is 0 Å². The SMILES string of the molecule is CC(=O)c1ccc(-c2ccc3c(c2)C(=O)NCC2CN(C(=O)O)CC32)s1.